The maximum absolute atomic E-state index is 12.9. The van der Waals surface area contributed by atoms with Crippen LogP contribution < -0.4 is 10.5 Å². The van der Waals surface area contributed by atoms with E-state index >= 15 is 0 Å². The number of halogens is 2. The van der Waals surface area contributed by atoms with Crippen LogP contribution in [0.4, 0.5) is 4.39 Å². The molecule has 18 heavy (non-hydrogen) atoms. The molecule has 5 heteroatoms. The average molecular weight is 317 g/mol. The largest absolute Gasteiger partial charge is 0.491 e. The first-order valence-electron chi connectivity index (χ1n) is 6.21. The van der Waals surface area contributed by atoms with Crippen LogP contribution in [0.25, 0.3) is 0 Å². The third kappa shape index (κ3) is 3.93. The number of benzene rings is 1. The van der Waals surface area contributed by atoms with E-state index in [4.69, 9.17) is 10.5 Å². The lowest BCUT2D eigenvalue weighted by molar-refractivity contribution is 0.173. The maximum atomic E-state index is 12.9. The quantitative estimate of drug-likeness (QED) is 0.927. The fourth-order valence-electron chi connectivity index (χ4n) is 2.05. The van der Waals surface area contributed by atoms with Crippen LogP contribution in [0.3, 0.4) is 0 Å². The number of rotatable bonds is 4. The Morgan fingerprint density at radius 1 is 1.39 bits per heavy atom. The third-order valence-electron chi connectivity index (χ3n) is 3.19. The maximum Gasteiger partial charge on any atom is 0.133 e. The van der Waals surface area contributed by atoms with Crippen molar-refractivity contribution in [2.24, 2.45) is 5.73 Å². The predicted octanol–water partition coefficient (Wildman–Crippen LogP) is 2.39. The summed E-state index contributed by atoms with van der Waals surface area (Å²) in [6, 6.07) is 4.81. The zero-order chi connectivity index (χ0) is 13.0. The van der Waals surface area contributed by atoms with Gasteiger partial charge in [0, 0.05) is 12.6 Å². The van der Waals surface area contributed by atoms with Crippen LogP contribution >= 0.6 is 15.9 Å². The highest BCUT2D eigenvalue weighted by Crippen LogP contribution is 2.25. The molecule has 1 aromatic rings. The molecule has 3 nitrogen and oxygen atoms in total. The van der Waals surface area contributed by atoms with Crippen LogP contribution in [-0.4, -0.2) is 37.2 Å². The molecule has 0 radical (unpaired) electrons. The van der Waals surface area contributed by atoms with E-state index in [9.17, 15) is 4.39 Å². The molecule has 0 aliphatic carbocycles. The Morgan fingerprint density at radius 2 is 2.11 bits per heavy atom. The summed E-state index contributed by atoms with van der Waals surface area (Å²) in [5, 5.41) is 0. The van der Waals surface area contributed by atoms with Crippen LogP contribution in [0.1, 0.15) is 12.8 Å². The van der Waals surface area contributed by atoms with Gasteiger partial charge in [0.1, 0.15) is 18.2 Å². The highest BCUT2D eigenvalue weighted by molar-refractivity contribution is 9.10. The van der Waals surface area contributed by atoms with Gasteiger partial charge in [-0.15, -0.1) is 0 Å². The van der Waals surface area contributed by atoms with Gasteiger partial charge in [0.25, 0.3) is 0 Å². The third-order valence-corrected chi connectivity index (χ3v) is 3.81. The lowest BCUT2D eigenvalue weighted by Gasteiger charge is -2.29. The Morgan fingerprint density at radius 3 is 2.78 bits per heavy atom. The van der Waals surface area contributed by atoms with E-state index in [1.54, 1.807) is 6.07 Å². The minimum atomic E-state index is -0.265. The minimum Gasteiger partial charge on any atom is -0.491 e. The number of hydrogen-bond donors (Lipinski definition) is 1. The van der Waals surface area contributed by atoms with Crippen molar-refractivity contribution in [2.45, 2.75) is 18.9 Å². The number of nitrogens with zero attached hydrogens (tertiary/aromatic N) is 1. The lowest BCUT2D eigenvalue weighted by Crippen LogP contribution is -2.41. The summed E-state index contributed by atoms with van der Waals surface area (Å²) in [4.78, 5) is 2.35. The van der Waals surface area contributed by atoms with Gasteiger partial charge in [0.05, 0.1) is 4.47 Å². The van der Waals surface area contributed by atoms with E-state index in [2.05, 4.69) is 20.8 Å². The molecule has 1 saturated heterocycles. The molecule has 2 rings (SSSR count). The second kappa shape index (κ2) is 6.50. The van der Waals surface area contributed by atoms with Crippen LogP contribution in [0.15, 0.2) is 22.7 Å². The van der Waals surface area contributed by atoms with E-state index in [0.29, 0.717) is 22.9 Å². The Balaban J connectivity index is 1.75. The fourth-order valence-corrected chi connectivity index (χ4v) is 2.52. The Bertz CT molecular complexity index is 395. The molecule has 2 N–H and O–H groups in total. The van der Waals surface area contributed by atoms with E-state index < -0.39 is 0 Å². The first-order chi connectivity index (χ1) is 8.65. The summed E-state index contributed by atoms with van der Waals surface area (Å²) in [6.07, 6.45) is 2.11. The molecule has 0 saturated carbocycles. The van der Waals surface area contributed by atoms with Crippen LogP contribution in [0, 0.1) is 5.82 Å². The molecule has 0 atom stereocenters. The van der Waals surface area contributed by atoms with E-state index in [1.807, 2.05) is 0 Å². The van der Waals surface area contributed by atoms with Gasteiger partial charge >= 0.3 is 0 Å². The van der Waals surface area contributed by atoms with Crippen molar-refractivity contribution in [3.8, 4) is 5.75 Å². The molecular formula is C13H18BrFN2O. The van der Waals surface area contributed by atoms with Gasteiger partial charge in [-0.3, -0.25) is 4.90 Å². The van der Waals surface area contributed by atoms with Crippen molar-refractivity contribution in [1.29, 1.82) is 0 Å². The van der Waals surface area contributed by atoms with Gasteiger partial charge in [0.2, 0.25) is 0 Å². The van der Waals surface area contributed by atoms with Gasteiger partial charge in [-0.1, -0.05) is 0 Å². The number of nitrogens with two attached hydrogens (primary N) is 1. The summed E-state index contributed by atoms with van der Waals surface area (Å²) in [5.41, 5.74) is 5.85. The minimum absolute atomic E-state index is 0.265. The summed E-state index contributed by atoms with van der Waals surface area (Å²) < 4.78 is 19.2. The van der Waals surface area contributed by atoms with E-state index in [1.165, 1.54) is 12.1 Å². The van der Waals surface area contributed by atoms with Crippen molar-refractivity contribution in [3.05, 3.63) is 28.5 Å². The molecule has 1 aliphatic heterocycles. The normalized spacial score (nSPS) is 17.9. The highest BCUT2D eigenvalue weighted by Gasteiger charge is 2.15. The van der Waals surface area contributed by atoms with Crippen molar-refractivity contribution >= 4 is 15.9 Å². The molecule has 1 aliphatic rings. The Hall–Kier alpha value is -0.650. The topological polar surface area (TPSA) is 38.5 Å². The van der Waals surface area contributed by atoms with Crippen molar-refractivity contribution in [3.63, 3.8) is 0 Å². The van der Waals surface area contributed by atoms with E-state index in [-0.39, 0.29) is 5.82 Å². The summed E-state index contributed by atoms with van der Waals surface area (Å²) in [6.45, 7) is 3.57. The smallest absolute Gasteiger partial charge is 0.133 e. The van der Waals surface area contributed by atoms with Gasteiger partial charge < -0.3 is 10.5 Å². The molecule has 100 valence electrons. The molecule has 0 bridgehead atoms. The Kier molecular flexibility index (Phi) is 4.97. The molecule has 0 spiro atoms. The fraction of sp³-hybridized carbons (Fsp3) is 0.538. The molecule has 0 aromatic heterocycles. The SMILES string of the molecule is NC1CCN(CCOc2ccc(F)cc2Br)CC1. The molecular weight excluding hydrogens is 299 g/mol. The molecule has 1 aromatic carbocycles. The van der Waals surface area contributed by atoms with Crippen molar-refractivity contribution in [1.82, 2.24) is 4.90 Å². The number of likely N-dealkylation sites (tertiary alicyclic amines) is 1. The molecule has 0 unspecified atom stereocenters. The first kappa shape index (κ1) is 13.8. The van der Waals surface area contributed by atoms with Gasteiger partial charge in [-0.2, -0.15) is 0 Å². The van der Waals surface area contributed by atoms with Crippen molar-refractivity contribution in [2.75, 3.05) is 26.2 Å². The monoisotopic (exact) mass is 316 g/mol. The second-order valence-electron chi connectivity index (χ2n) is 4.60. The van der Waals surface area contributed by atoms with E-state index in [0.717, 1.165) is 32.5 Å². The van der Waals surface area contributed by atoms with Gasteiger partial charge in [0.15, 0.2) is 0 Å². The zero-order valence-electron chi connectivity index (χ0n) is 10.2. The van der Waals surface area contributed by atoms with Gasteiger partial charge in [-0.05, 0) is 60.1 Å². The van der Waals surface area contributed by atoms with Crippen molar-refractivity contribution < 1.29 is 9.13 Å². The lowest BCUT2D eigenvalue weighted by atomic mass is 10.1. The molecule has 0 amide bonds. The molecule has 1 fully saturated rings. The summed E-state index contributed by atoms with van der Waals surface area (Å²) in [5.74, 6) is 0.421. The Labute approximate surface area is 115 Å². The first-order valence-corrected chi connectivity index (χ1v) is 7.00. The zero-order valence-corrected chi connectivity index (χ0v) is 11.8. The van der Waals surface area contributed by atoms with Crippen LogP contribution in [-0.2, 0) is 0 Å². The van der Waals surface area contributed by atoms with Crippen LogP contribution in [0.2, 0.25) is 0 Å². The highest BCUT2D eigenvalue weighted by atomic mass is 79.9. The number of hydrogen-bond acceptors (Lipinski definition) is 3. The predicted molar refractivity (Wildman–Crippen MR) is 73.2 cm³/mol. The summed E-state index contributed by atoms with van der Waals surface area (Å²) in [7, 11) is 0. The van der Waals surface area contributed by atoms with Crippen LogP contribution in [0.5, 0.6) is 5.75 Å². The second-order valence-corrected chi connectivity index (χ2v) is 5.46. The average Bonchev–Trinajstić information content (AvgIpc) is 2.34. The number of ether oxygens (including phenoxy) is 1. The number of piperidine rings is 1. The summed E-state index contributed by atoms with van der Waals surface area (Å²) >= 11 is 3.29. The van der Waals surface area contributed by atoms with Gasteiger partial charge in [-0.25, -0.2) is 4.39 Å². The standard InChI is InChI=1S/C13H18BrFN2O/c14-12-9-10(15)1-2-13(12)18-8-7-17-5-3-11(16)4-6-17/h1-2,9,11H,3-8,16H2. The molecule has 1 heterocycles.